The lowest BCUT2D eigenvalue weighted by Gasteiger charge is -2.34. The number of ether oxygens (including phenoxy) is 4. The smallest absolute Gasteiger partial charge is 0.407 e. The number of alkyl carbamates (subject to hydrolysis) is 1. The van der Waals surface area contributed by atoms with E-state index in [0.29, 0.717) is 56.8 Å². The summed E-state index contributed by atoms with van der Waals surface area (Å²) in [7, 11) is 4.56. The molecule has 15 nitrogen and oxygen atoms in total. The fraction of sp³-hybridized carbons (Fsp3) is 0.438. The normalized spacial score (nSPS) is 19.9. The number of aryl methyl sites for hydroxylation is 2. The van der Waals surface area contributed by atoms with Crippen LogP contribution in [0.15, 0.2) is 78.7 Å². The number of rotatable bonds is 17. The Balaban J connectivity index is 0.914. The topological polar surface area (TPSA) is 176 Å². The van der Waals surface area contributed by atoms with Crippen molar-refractivity contribution >= 4 is 41.1 Å². The van der Waals surface area contributed by atoms with Gasteiger partial charge in [0, 0.05) is 49.2 Å². The molecule has 8 rings (SSSR count). The molecule has 3 amide bonds. The number of hydrogen-bond donors (Lipinski definition) is 4. The molecule has 3 heterocycles. The number of carbonyl (C=O) groups is 3. The highest BCUT2D eigenvalue weighted by Gasteiger charge is 2.41. The Kier molecular flexibility index (Phi) is 13.1. The molecule has 0 radical (unpaired) electrons. The highest BCUT2D eigenvalue weighted by Crippen LogP contribution is 2.42. The third-order valence-electron chi connectivity index (χ3n) is 12.5. The van der Waals surface area contributed by atoms with Crippen molar-refractivity contribution in [3.8, 4) is 0 Å². The molecule has 0 bridgehead atoms. The minimum absolute atomic E-state index is 0.137. The number of hydrogen-bond acceptors (Lipinski definition) is 10. The van der Waals surface area contributed by atoms with Crippen LogP contribution in [-0.2, 0) is 47.9 Å². The molecule has 0 saturated carbocycles. The quantitative estimate of drug-likeness (QED) is 0.112. The Labute approximate surface area is 367 Å². The maximum Gasteiger partial charge on any atom is 0.407 e. The number of methoxy groups -OCH3 is 2. The average molecular weight is 859 g/mol. The largest absolute Gasteiger partial charge is 0.483 e. The van der Waals surface area contributed by atoms with Gasteiger partial charge in [0.15, 0.2) is 11.7 Å². The molecule has 4 aliphatic rings. The highest BCUT2D eigenvalue weighted by atomic mass is 16.7. The van der Waals surface area contributed by atoms with E-state index < -0.39 is 17.9 Å². The Hall–Kier alpha value is -6.19. The summed E-state index contributed by atoms with van der Waals surface area (Å²) >= 11 is 0. The lowest BCUT2D eigenvalue weighted by Crippen LogP contribution is -2.48. The molecule has 1 fully saturated rings. The predicted molar refractivity (Wildman–Crippen MR) is 238 cm³/mol. The van der Waals surface area contributed by atoms with E-state index in [-0.39, 0.29) is 36.7 Å². The van der Waals surface area contributed by atoms with Gasteiger partial charge >= 0.3 is 6.09 Å². The first-order valence-corrected chi connectivity index (χ1v) is 21.9. The molecular formula is C48H58N8O7. The van der Waals surface area contributed by atoms with Crippen molar-refractivity contribution in [2.75, 3.05) is 54.1 Å². The van der Waals surface area contributed by atoms with Crippen LogP contribution in [0.4, 0.5) is 4.79 Å². The van der Waals surface area contributed by atoms with Gasteiger partial charge in [-0.25, -0.2) is 14.8 Å². The number of allylic oxidation sites excluding steroid dienone is 4. The number of nitrogens with zero attached hydrogens (tertiary/aromatic N) is 4. The molecule has 4 atom stereocenters. The Morgan fingerprint density at radius 1 is 1.03 bits per heavy atom. The molecule has 3 unspecified atom stereocenters. The summed E-state index contributed by atoms with van der Waals surface area (Å²) in [5.74, 6) is 1.38. The molecule has 4 N–H and O–H groups in total. The number of imidazole rings is 2. The van der Waals surface area contributed by atoms with Crippen molar-refractivity contribution in [2.45, 2.75) is 69.7 Å². The Bertz CT molecular complexity index is 2520. The van der Waals surface area contributed by atoms with E-state index in [1.165, 1.54) is 25.5 Å². The van der Waals surface area contributed by atoms with Crippen molar-refractivity contribution in [3.05, 3.63) is 118 Å². The SMILES string of the molecule is C=C(N[C@@H](C(=O)N(C)CC1(CCc2nc3c([nH]2)CCC2C=C(C4C=c5ccc6[nH]c(CN(CCC)C(=O)CNC(=O)OC)nc6c5=CC4)C=CC32)OCCO1)c1ccccc1)OC. The van der Waals surface area contributed by atoms with Gasteiger partial charge in [0.25, 0.3) is 0 Å². The molecule has 1 saturated heterocycles. The number of fused-ring (bicyclic) bond motifs is 6. The Morgan fingerprint density at radius 3 is 2.60 bits per heavy atom. The lowest BCUT2D eigenvalue weighted by molar-refractivity contribution is -0.178. The van der Waals surface area contributed by atoms with Gasteiger partial charge in [-0.1, -0.05) is 73.7 Å². The fourth-order valence-electron chi connectivity index (χ4n) is 9.31. The summed E-state index contributed by atoms with van der Waals surface area (Å²) in [5.41, 5.74) is 6.24. The van der Waals surface area contributed by atoms with Gasteiger partial charge in [0.05, 0.1) is 57.3 Å². The third-order valence-corrected chi connectivity index (χ3v) is 12.5. The standard InChI is InChI=1S/C48H58N8O7/c1-6-22-56(42(57)27-49-47(59)61-5)28-41-52-39-19-15-35-26-33(13-17-37(35)45(39)54-41)32-12-16-36-34(25-32)14-18-38-44(36)53-40(51-38)20-21-48(62-23-24-63-48)29-55(3)46(58)43(50-30(2)60-4)31-10-8-7-9-11-31/h7-12,15-17,19,25-26,33-34,36,43,50H,2,6,13-14,18,20-24,27-29H2,1,3-5H3,(H,49,59)(H,51,53)(H,52,54)/t33?,34?,36?,43-/m1/s1. The highest BCUT2D eigenvalue weighted by molar-refractivity contribution is 5.84. The first-order chi connectivity index (χ1) is 30.6. The second-order valence-corrected chi connectivity index (χ2v) is 16.7. The van der Waals surface area contributed by atoms with Crippen molar-refractivity contribution in [3.63, 3.8) is 0 Å². The van der Waals surface area contributed by atoms with Gasteiger partial charge in [0.1, 0.15) is 24.2 Å². The van der Waals surface area contributed by atoms with Crippen LogP contribution in [0.25, 0.3) is 23.2 Å². The molecule has 0 spiro atoms. The van der Waals surface area contributed by atoms with Gasteiger partial charge < -0.3 is 49.3 Å². The molecule has 3 aliphatic carbocycles. The fourth-order valence-corrected chi connectivity index (χ4v) is 9.31. The van der Waals surface area contributed by atoms with E-state index in [0.717, 1.165) is 64.2 Å². The summed E-state index contributed by atoms with van der Waals surface area (Å²) < 4.78 is 22.4. The lowest BCUT2D eigenvalue weighted by atomic mass is 9.74. The molecule has 2 aromatic heterocycles. The first-order valence-electron chi connectivity index (χ1n) is 21.9. The van der Waals surface area contributed by atoms with Gasteiger partial charge in [-0.2, -0.15) is 0 Å². The van der Waals surface area contributed by atoms with E-state index in [4.69, 9.17) is 24.2 Å². The Morgan fingerprint density at radius 2 is 1.84 bits per heavy atom. The van der Waals surface area contributed by atoms with Crippen LogP contribution < -0.4 is 21.1 Å². The number of aromatic amines is 2. The average Bonchev–Trinajstić information content (AvgIpc) is 4.07. The number of nitrogens with one attached hydrogen (secondary N) is 4. The molecule has 1 aliphatic heterocycles. The van der Waals surface area contributed by atoms with Crippen molar-refractivity contribution in [2.24, 2.45) is 11.8 Å². The summed E-state index contributed by atoms with van der Waals surface area (Å²) in [5, 5.41) is 7.85. The van der Waals surface area contributed by atoms with Crippen LogP contribution >= 0.6 is 0 Å². The molecular weight excluding hydrogens is 801 g/mol. The predicted octanol–water partition coefficient (Wildman–Crippen LogP) is 4.39. The van der Waals surface area contributed by atoms with Crippen LogP contribution in [0.2, 0.25) is 0 Å². The van der Waals surface area contributed by atoms with Crippen LogP contribution in [0.1, 0.15) is 73.2 Å². The van der Waals surface area contributed by atoms with Crippen LogP contribution in [-0.4, -0.2) is 108 Å². The van der Waals surface area contributed by atoms with Gasteiger partial charge in [-0.05, 0) is 60.6 Å². The summed E-state index contributed by atoms with van der Waals surface area (Å²) in [6.07, 6.45) is 15.8. The number of aromatic nitrogens is 4. The molecule has 2 aromatic carbocycles. The first kappa shape index (κ1) is 43.5. The number of likely N-dealkylation sites (N-methyl/N-ethyl adjacent to an activating group) is 1. The van der Waals surface area contributed by atoms with Gasteiger partial charge in [0.2, 0.25) is 11.8 Å². The van der Waals surface area contributed by atoms with E-state index >= 15 is 0 Å². The maximum atomic E-state index is 13.9. The zero-order chi connectivity index (χ0) is 44.1. The number of H-pyrrole nitrogens is 2. The maximum absolute atomic E-state index is 13.9. The van der Waals surface area contributed by atoms with E-state index in [1.54, 1.807) is 16.8 Å². The zero-order valence-corrected chi connectivity index (χ0v) is 36.6. The van der Waals surface area contributed by atoms with Crippen LogP contribution in [0, 0.1) is 11.8 Å². The van der Waals surface area contributed by atoms with Crippen LogP contribution in [0.5, 0.6) is 0 Å². The molecule has 15 heteroatoms. The van der Waals surface area contributed by atoms with Crippen molar-refractivity contribution in [1.82, 2.24) is 40.4 Å². The van der Waals surface area contributed by atoms with E-state index in [9.17, 15) is 14.4 Å². The molecule has 332 valence electrons. The van der Waals surface area contributed by atoms with E-state index in [2.05, 4.69) is 74.4 Å². The second-order valence-electron chi connectivity index (χ2n) is 16.7. The second kappa shape index (κ2) is 19.1. The van der Waals surface area contributed by atoms with Gasteiger partial charge in [-0.15, -0.1) is 0 Å². The number of benzene rings is 2. The number of amides is 3. The van der Waals surface area contributed by atoms with Crippen molar-refractivity contribution in [1.29, 1.82) is 0 Å². The minimum Gasteiger partial charge on any atom is -0.483 e. The summed E-state index contributed by atoms with van der Waals surface area (Å²) in [6.45, 7) is 7.78. The molecule has 63 heavy (non-hydrogen) atoms. The van der Waals surface area contributed by atoms with Gasteiger partial charge in [-0.3, -0.25) is 9.59 Å². The minimum atomic E-state index is -0.957. The van der Waals surface area contributed by atoms with Crippen molar-refractivity contribution < 1.29 is 33.3 Å². The summed E-state index contributed by atoms with van der Waals surface area (Å²) in [4.78, 5) is 58.9. The molecule has 4 aromatic rings. The monoisotopic (exact) mass is 858 g/mol. The summed E-state index contributed by atoms with van der Waals surface area (Å²) in [6, 6.07) is 13.0. The third kappa shape index (κ3) is 9.59. The number of carbonyl (C=O) groups excluding carboxylic acids is 3. The van der Waals surface area contributed by atoms with Crippen LogP contribution in [0.3, 0.4) is 0 Å². The zero-order valence-electron chi connectivity index (χ0n) is 36.6. The van der Waals surface area contributed by atoms with E-state index in [1.807, 2.05) is 37.3 Å².